The molecular formula is C51H31N5. The van der Waals surface area contributed by atoms with Crippen LogP contribution in [0.15, 0.2) is 188 Å². The van der Waals surface area contributed by atoms with E-state index >= 15 is 0 Å². The molecule has 3 aromatic heterocycles. The highest BCUT2D eigenvalue weighted by atomic mass is 15.2. The molecule has 0 radical (unpaired) electrons. The Bertz CT molecular complexity index is 4070. The minimum Gasteiger partial charge on any atom is -0.309 e. The maximum atomic E-state index is 10.1. The van der Waals surface area contributed by atoms with E-state index in [1.54, 1.807) is 4.57 Å². The van der Waals surface area contributed by atoms with E-state index < -0.39 is 60.4 Å². The molecule has 0 saturated heterocycles. The fourth-order valence-electron chi connectivity index (χ4n) is 8.04. The number of benzene rings is 9. The van der Waals surface area contributed by atoms with Crippen LogP contribution in [0.1, 0.15) is 15.1 Å². The molecule has 12 aromatic rings. The van der Waals surface area contributed by atoms with Gasteiger partial charge in [0.25, 0.3) is 0 Å². The molecule has 0 atom stereocenters. The van der Waals surface area contributed by atoms with Crippen LogP contribution < -0.4 is 0 Å². The van der Waals surface area contributed by atoms with E-state index in [0.717, 1.165) is 38.2 Å². The van der Waals surface area contributed by atoms with Gasteiger partial charge in [0.05, 0.1) is 37.1 Å². The summed E-state index contributed by atoms with van der Waals surface area (Å²) in [7, 11) is 0. The van der Waals surface area contributed by atoms with Crippen LogP contribution in [0.5, 0.6) is 0 Å². The molecule has 0 unspecified atom stereocenters. The first kappa shape index (κ1) is 21.9. The zero-order valence-corrected chi connectivity index (χ0v) is 29.3. The number of nitrogens with zero attached hydrogens (tertiary/aromatic N) is 5. The molecule has 5 heteroatoms. The van der Waals surface area contributed by atoms with Gasteiger partial charge >= 0.3 is 0 Å². The summed E-state index contributed by atoms with van der Waals surface area (Å²) in [5.74, 6) is 1.27. The fourth-order valence-corrected chi connectivity index (χ4v) is 8.04. The van der Waals surface area contributed by atoms with Gasteiger partial charge in [0.1, 0.15) is 0 Å². The van der Waals surface area contributed by atoms with Crippen molar-refractivity contribution in [1.82, 2.24) is 24.1 Å². The highest BCUT2D eigenvalue weighted by Gasteiger charge is 2.21. The normalized spacial score (nSPS) is 14.7. The molecule has 0 fully saturated rings. The molecule has 3 heterocycles. The van der Waals surface area contributed by atoms with Crippen LogP contribution in [0.2, 0.25) is 0 Å². The minimum atomic E-state index is -0.621. The van der Waals surface area contributed by atoms with Gasteiger partial charge in [-0.3, -0.25) is 4.57 Å². The van der Waals surface area contributed by atoms with Crippen molar-refractivity contribution >= 4 is 75.9 Å². The highest BCUT2D eigenvalue weighted by Crippen LogP contribution is 2.41. The number of para-hydroxylation sites is 2. The molecule has 0 N–H and O–H groups in total. The van der Waals surface area contributed by atoms with Crippen molar-refractivity contribution in [3.05, 3.63) is 188 Å². The van der Waals surface area contributed by atoms with Crippen molar-refractivity contribution in [2.45, 2.75) is 0 Å². The first-order chi connectivity index (χ1) is 32.4. The standard InChI is InChI=1S/C51H31N5/c1-3-15-32(16-4-1)49-52-50(33-17-5-2-6-18-33)54-51(53-49)56-46-26-14-12-24-41(46)44-30-43-40-23-11-13-25-45(40)55(47(43)31-48(44)56)34-27-28-39-37-21-8-7-19-35(37)36-20-9-10-22-38(36)42(39)29-34/h1-31H/i7D,8D,9D,10D,19D,20D,21D,22D,27D,28D,29D. The second-order valence-corrected chi connectivity index (χ2v) is 13.6. The largest absolute Gasteiger partial charge is 0.309 e. The van der Waals surface area contributed by atoms with Crippen molar-refractivity contribution < 1.29 is 15.1 Å². The predicted octanol–water partition coefficient (Wildman–Crippen LogP) is 12.9. The quantitative estimate of drug-likeness (QED) is 0.170. The third-order valence-corrected chi connectivity index (χ3v) is 10.5. The lowest BCUT2D eigenvalue weighted by Crippen LogP contribution is -2.06. The van der Waals surface area contributed by atoms with Crippen molar-refractivity contribution in [2.24, 2.45) is 0 Å². The minimum absolute atomic E-state index is 0.0579. The Balaban J connectivity index is 1.25. The maximum absolute atomic E-state index is 10.1. The van der Waals surface area contributed by atoms with Crippen LogP contribution in [0.25, 0.3) is 110 Å². The summed E-state index contributed by atoms with van der Waals surface area (Å²) in [4.78, 5) is 15.1. The summed E-state index contributed by atoms with van der Waals surface area (Å²) in [6, 6.07) is 32.8. The average Bonchev–Trinajstić information content (AvgIpc) is 3.86. The van der Waals surface area contributed by atoms with E-state index in [9.17, 15) is 5.48 Å². The summed E-state index contributed by atoms with van der Waals surface area (Å²) in [5.41, 5.74) is 4.16. The number of aromatic nitrogens is 5. The molecule has 56 heavy (non-hydrogen) atoms. The van der Waals surface area contributed by atoms with Crippen molar-refractivity contribution in [3.63, 3.8) is 0 Å². The van der Waals surface area contributed by atoms with Gasteiger partial charge in [-0.05, 0) is 68.7 Å². The van der Waals surface area contributed by atoms with E-state index in [1.165, 1.54) is 0 Å². The van der Waals surface area contributed by atoms with Gasteiger partial charge in [0.15, 0.2) is 11.6 Å². The molecule has 0 aliphatic carbocycles. The lowest BCUT2D eigenvalue weighted by atomic mass is 9.94. The van der Waals surface area contributed by atoms with Gasteiger partial charge in [-0.1, -0.05) is 151 Å². The first-order valence-electron chi connectivity index (χ1n) is 23.6. The molecule has 260 valence electrons. The van der Waals surface area contributed by atoms with Gasteiger partial charge in [-0.25, -0.2) is 4.98 Å². The van der Waals surface area contributed by atoms with Gasteiger partial charge < -0.3 is 4.57 Å². The molecular weight excluding hydrogens is 683 g/mol. The van der Waals surface area contributed by atoms with E-state index in [1.807, 2.05) is 120 Å². The molecule has 0 bridgehead atoms. The molecule has 0 amide bonds. The second kappa shape index (κ2) is 11.9. The van der Waals surface area contributed by atoms with Crippen molar-refractivity contribution in [1.29, 1.82) is 0 Å². The van der Waals surface area contributed by atoms with E-state index in [4.69, 9.17) is 24.5 Å². The van der Waals surface area contributed by atoms with Gasteiger partial charge in [-0.2, -0.15) is 9.97 Å². The van der Waals surface area contributed by atoms with Crippen LogP contribution in [0, 0.1) is 0 Å². The molecule has 0 spiro atoms. The molecule has 9 aromatic carbocycles. The van der Waals surface area contributed by atoms with Crippen LogP contribution in [0.4, 0.5) is 0 Å². The zero-order valence-electron chi connectivity index (χ0n) is 40.3. The SMILES string of the molecule is [2H]c1c([2H])c([2H])c2c(c1[2H])c1c([2H])c([2H])c([2H])c([2H])c1c1c([2H])c(-n3c4ccccc4c4cc5c6ccccc6n(-c6nc(-c7ccccc7)nc(-c7ccccc7)n6)c5cc43)c([2H])c([2H])c21. The third kappa shape index (κ3) is 4.52. The Hall–Kier alpha value is -7.63. The summed E-state index contributed by atoms with van der Waals surface area (Å²) in [6.45, 7) is 0. The van der Waals surface area contributed by atoms with E-state index in [-0.39, 0.29) is 44.0 Å². The molecule has 5 nitrogen and oxygen atoms in total. The Morgan fingerprint density at radius 2 is 0.821 bits per heavy atom. The van der Waals surface area contributed by atoms with E-state index in [0.29, 0.717) is 34.1 Å². The maximum Gasteiger partial charge on any atom is 0.238 e. The topological polar surface area (TPSA) is 48.5 Å². The van der Waals surface area contributed by atoms with Crippen molar-refractivity contribution in [2.75, 3.05) is 0 Å². The number of fused-ring (bicyclic) bond motifs is 12. The summed E-state index contributed by atoms with van der Waals surface area (Å²) in [6.07, 6.45) is 0. The Morgan fingerprint density at radius 3 is 1.39 bits per heavy atom. The van der Waals surface area contributed by atoms with Crippen LogP contribution in [-0.4, -0.2) is 24.1 Å². The fraction of sp³-hybridized carbons (Fsp3) is 0. The molecule has 12 rings (SSSR count). The van der Waals surface area contributed by atoms with Crippen LogP contribution in [-0.2, 0) is 0 Å². The Labute approximate surface area is 336 Å². The van der Waals surface area contributed by atoms with Gasteiger partial charge in [-0.15, -0.1) is 0 Å². The average molecular weight is 725 g/mol. The first-order valence-corrected chi connectivity index (χ1v) is 18.1. The van der Waals surface area contributed by atoms with Gasteiger partial charge in [0, 0.05) is 38.4 Å². The Morgan fingerprint density at radius 1 is 0.357 bits per heavy atom. The van der Waals surface area contributed by atoms with Gasteiger partial charge in [0.2, 0.25) is 5.95 Å². The Kier molecular flexibility index (Phi) is 4.67. The second-order valence-electron chi connectivity index (χ2n) is 13.6. The molecule has 0 saturated carbocycles. The predicted molar refractivity (Wildman–Crippen MR) is 232 cm³/mol. The number of rotatable bonds is 4. The van der Waals surface area contributed by atoms with Crippen molar-refractivity contribution in [3.8, 4) is 34.4 Å². The molecule has 0 aliphatic heterocycles. The molecule has 0 aliphatic rings. The summed E-state index contributed by atoms with van der Waals surface area (Å²) < 4.78 is 104. The lowest BCUT2D eigenvalue weighted by Gasteiger charge is -2.14. The summed E-state index contributed by atoms with van der Waals surface area (Å²) in [5, 5.41) is 2.21. The highest BCUT2D eigenvalue weighted by molar-refractivity contribution is 6.26. The van der Waals surface area contributed by atoms with Crippen LogP contribution in [0.3, 0.4) is 0 Å². The third-order valence-electron chi connectivity index (χ3n) is 10.5. The summed E-state index contributed by atoms with van der Waals surface area (Å²) >= 11 is 0. The smallest absolute Gasteiger partial charge is 0.238 e. The number of hydrogen-bond donors (Lipinski definition) is 0. The number of hydrogen-bond acceptors (Lipinski definition) is 3. The lowest BCUT2D eigenvalue weighted by molar-refractivity contribution is 0.953. The monoisotopic (exact) mass is 724 g/mol. The zero-order chi connectivity index (χ0) is 46.3. The van der Waals surface area contributed by atoms with E-state index in [2.05, 4.69) is 6.07 Å². The van der Waals surface area contributed by atoms with Crippen LogP contribution >= 0.6 is 0 Å².